The molecule has 0 aliphatic carbocycles. The largest absolute Gasteiger partial charge is 0.486 e. The van der Waals surface area contributed by atoms with Crippen molar-refractivity contribution >= 4 is 42.6 Å². The molecule has 0 saturated carbocycles. The van der Waals surface area contributed by atoms with Crippen LogP contribution < -0.4 is 14.8 Å². The second-order valence-electron chi connectivity index (χ2n) is 8.32. The number of hydrogen-bond acceptors (Lipinski definition) is 7. The molecule has 4 aromatic rings. The van der Waals surface area contributed by atoms with Crippen molar-refractivity contribution in [1.82, 2.24) is 9.29 Å². The van der Waals surface area contributed by atoms with Gasteiger partial charge in [0.1, 0.15) is 19.3 Å². The number of fused-ring (bicyclic) bond motifs is 3. The Kier molecular flexibility index (Phi) is 5.43. The molecule has 0 saturated heterocycles. The Bertz CT molecular complexity index is 1520. The molecule has 1 aromatic heterocycles. The third-order valence-electron chi connectivity index (χ3n) is 6.15. The number of benzene rings is 3. The first-order valence-corrected chi connectivity index (χ1v) is 13.4. The zero-order chi connectivity index (χ0) is 24.0. The number of carbonyl (C=O) groups excluding carboxylic acids is 1. The number of thiazole rings is 1. The Morgan fingerprint density at radius 1 is 0.971 bits per heavy atom. The zero-order valence-corrected chi connectivity index (χ0v) is 20.1. The van der Waals surface area contributed by atoms with Gasteiger partial charge in [-0.25, -0.2) is 13.4 Å². The minimum absolute atomic E-state index is 0.0546. The molecule has 3 heterocycles. The van der Waals surface area contributed by atoms with Crippen molar-refractivity contribution in [3.63, 3.8) is 0 Å². The number of aromatic nitrogens is 1. The van der Waals surface area contributed by atoms with Crippen LogP contribution in [0.4, 0.5) is 5.13 Å². The highest BCUT2D eigenvalue weighted by Crippen LogP contribution is 2.36. The van der Waals surface area contributed by atoms with Gasteiger partial charge < -0.3 is 14.8 Å². The van der Waals surface area contributed by atoms with Crippen molar-refractivity contribution in [2.45, 2.75) is 23.9 Å². The van der Waals surface area contributed by atoms with Gasteiger partial charge in [-0.1, -0.05) is 47.7 Å². The van der Waals surface area contributed by atoms with Crippen molar-refractivity contribution in [3.8, 4) is 11.5 Å². The molecule has 35 heavy (non-hydrogen) atoms. The lowest BCUT2D eigenvalue weighted by atomic mass is 9.95. The Hall–Kier alpha value is -3.47. The number of anilines is 1. The lowest BCUT2D eigenvalue weighted by molar-refractivity contribution is -0.120. The maximum absolute atomic E-state index is 13.8. The van der Waals surface area contributed by atoms with Crippen molar-refractivity contribution in [1.29, 1.82) is 0 Å². The molecule has 10 heteroatoms. The molecule has 1 amide bonds. The number of carbonyl (C=O) groups is 1. The summed E-state index contributed by atoms with van der Waals surface area (Å²) in [5.41, 5.74) is 2.60. The smallest absolute Gasteiger partial charge is 0.244 e. The monoisotopic (exact) mass is 507 g/mol. The van der Waals surface area contributed by atoms with Crippen molar-refractivity contribution in [3.05, 3.63) is 77.9 Å². The van der Waals surface area contributed by atoms with E-state index in [9.17, 15) is 13.2 Å². The van der Waals surface area contributed by atoms with Gasteiger partial charge in [-0.3, -0.25) is 4.79 Å². The Balaban J connectivity index is 1.36. The number of sulfonamides is 1. The van der Waals surface area contributed by atoms with E-state index < -0.39 is 22.0 Å². The first kappa shape index (κ1) is 22.0. The summed E-state index contributed by atoms with van der Waals surface area (Å²) >= 11 is 1.35. The van der Waals surface area contributed by atoms with Gasteiger partial charge >= 0.3 is 0 Å². The zero-order valence-electron chi connectivity index (χ0n) is 18.5. The quantitative estimate of drug-likeness (QED) is 0.451. The van der Waals surface area contributed by atoms with E-state index in [1.807, 2.05) is 48.5 Å². The van der Waals surface area contributed by atoms with E-state index in [-0.39, 0.29) is 17.9 Å². The second kappa shape index (κ2) is 8.63. The van der Waals surface area contributed by atoms with Crippen LogP contribution in [0.25, 0.3) is 10.2 Å². The van der Waals surface area contributed by atoms with Crippen LogP contribution in [0.5, 0.6) is 11.5 Å². The molecule has 2 aliphatic rings. The third kappa shape index (κ3) is 4.03. The lowest BCUT2D eigenvalue weighted by Gasteiger charge is -2.35. The number of nitrogens with zero attached hydrogens (tertiary/aromatic N) is 2. The molecule has 2 aliphatic heterocycles. The van der Waals surface area contributed by atoms with Crippen molar-refractivity contribution < 1.29 is 22.7 Å². The molecule has 3 aromatic carbocycles. The minimum Gasteiger partial charge on any atom is -0.486 e. The molecule has 0 radical (unpaired) electrons. The highest BCUT2D eigenvalue weighted by Gasteiger charge is 2.40. The third-order valence-corrected chi connectivity index (χ3v) is 8.95. The average molecular weight is 508 g/mol. The summed E-state index contributed by atoms with van der Waals surface area (Å²) < 4.78 is 41.0. The molecule has 1 atom stereocenters. The molecule has 0 unspecified atom stereocenters. The summed E-state index contributed by atoms with van der Waals surface area (Å²) in [6, 6.07) is 18.8. The fourth-order valence-electron chi connectivity index (χ4n) is 4.41. The Morgan fingerprint density at radius 3 is 2.54 bits per heavy atom. The topological polar surface area (TPSA) is 97.8 Å². The van der Waals surface area contributed by atoms with Crippen LogP contribution in [0.3, 0.4) is 0 Å². The maximum Gasteiger partial charge on any atom is 0.244 e. The van der Waals surface area contributed by atoms with E-state index in [1.165, 1.54) is 27.8 Å². The second-order valence-corrected chi connectivity index (χ2v) is 11.2. The normalized spacial score (nSPS) is 17.7. The predicted molar refractivity (Wildman–Crippen MR) is 132 cm³/mol. The summed E-state index contributed by atoms with van der Waals surface area (Å²) in [7, 11) is -4.03. The van der Waals surface area contributed by atoms with Crippen LogP contribution in [-0.4, -0.2) is 42.9 Å². The maximum atomic E-state index is 13.8. The van der Waals surface area contributed by atoms with E-state index >= 15 is 0 Å². The molecule has 6 rings (SSSR count). The predicted octanol–water partition coefficient (Wildman–Crippen LogP) is 3.82. The lowest BCUT2D eigenvalue weighted by Crippen LogP contribution is -2.50. The molecular weight excluding hydrogens is 486 g/mol. The SMILES string of the molecule is O=C(Nc1nc2ccccc2s1)[C@@H]1Cc2ccccc2CN1S(=O)(=O)c1ccc2c(c1)OCCO2. The van der Waals surface area contributed by atoms with E-state index in [1.54, 1.807) is 6.07 Å². The highest BCUT2D eigenvalue weighted by molar-refractivity contribution is 7.89. The van der Waals surface area contributed by atoms with Gasteiger partial charge in [-0.15, -0.1) is 0 Å². The fraction of sp³-hybridized carbons (Fsp3) is 0.200. The summed E-state index contributed by atoms with van der Waals surface area (Å²) in [6.07, 6.45) is 0.261. The number of amides is 1. The van der Waals surface area contributed by atoms with Crippen LogP contribution in [0.15, 0.2) is 71.6 Å². The van der Waals surface area contributed by atoms with E-state index in [0.717, 1.165) is 21.3 Å². The van der Waals surface area contributed by atoms with E-state index in [0.29, 0.717) is 29.8 Å². The van der Waals surface area contributed by atoms with Gasteiger partial charge in [0.05, 0.1) is 15.1 Å². The summed E-state index contributed by atoms with van der Waals surface area (Å²) in [5.74, 6) is 0.467. The van der Waals surface area contributed by atoms with Crippen LogP contribution >= 0.6 is 11.3 Å². The summed E-state index contributed by atoms with van der Waals surface area (Å²) in [4.78, 5) is 18.0. The number of para-hydroxylation sites is 1. The van der Waals surface area contributed by atoms with Crippen LogP contribution in [0.2, 0.25) is 0 Å². The fourth-order valence-corrected chi connectivity index (χ4v) is 6.86. The van der Waals surface area contributed by atoms with Gasteiger partial charge in [0.15, 0.2) is 16.6 Å². The summed E-state index contributed by atoms with van der Waals surface area (Å²) in [6.45, 7) is 0.849. The number of nitrogens with one attached hydrogen (secondary N) is 1. The molecule has 8 nitrogen and oxygen atoms in total. The number of hydrogen-bond donors (Lipinski definition) is 1. The molecule has 1 N–H and O–H groups in total. The molecule has 0 bridgehead atoms. The Labute approximate surface area is 206 Å². The van der Waals surface area contributed by atoms with Crippen LogP contribution in [-0.2, 0) is 27.8 Å². The molecule has 178 valence electrons. The highest BCUT2D eigenvalue weighted by atomic mass is 32.2. The molecular formula is C25H21N3O5S2. The number of ether oxygens (including phenoxy) is 2. The molecule has 0 spiro atoms. The van der Waals surface area contributed by atoms with Gasteiger partial charge in [-0.05, 0) is 41.8 Å². The summed E-state index contributed by atoms with van der Waals surface area (Å²) in [5, 5.41) is 3.29. The van der Waals surface area contributed by atoms with Gasteiger partial charge in [0, 0.05) is 12.6 Å². The van der Waals surface area contributed by atoms with Gasteiger partial charge in [-0.2, -0.15) is 4.31 Å². The van der Waals surface area contributed by atoms with Gasteiger partial charge in [0.2, 0.25) is 15.9 Å². The first-order chi connectivity index (χ1) is 17.0. The van der Waals surface area contributed by atoms with Gasteiger partial charge in [0.25, 0.3) is 0 Å². The minimum atomic E-state index is -4.03. The van der Waals surface area contributed by atoms with Crippen LogP contribution in [0.1, 0.15) is 11.1 Å². The molecule has 0 fully saturated rings. The Morgan fingerprint density at radius 2 is 1.71 bits per heavy atom. The van der Waals surface area contributed by atoms with E-state index in [4.69, 9.17) is 9.47 Å². The van der Waals surface area contributed by atoms with Crippen molar-refractivity contribution in [2.24, 2.45) is 0 Å². The average Bonchev–Trinajstić information content (AvgIpc) is 3.30. The van der Waals surface area contributed by atoms with Crippen LogP contribution in [0, 0.1) is 0 Å². The van der Waals surface area contributed by atoms with E-state index in [2.05, 4.69) is 10.3 Å². The number of rotatable bonds is 4. The van der Waals surface area contributed by atoms with Crippen molar-refractivity contribution in [2.75, 3.05) is 18.5 Å². The standard InChI is InChI=1S/C25H21N3O5S2/c29-24(27-25-26-19-7-3-4-8-23(19)34-25)20-13-16-5-1-2-6-17(16)15-28(20)35(30,31)18-9-10-21-22(14-18)33-12-11-32-21/h1-10,14,20H,11-13,15H2,(H,26,27,29)/t20-/m0/s1. The first-order valence-electron chi connectivity index (χ1n) is 11.1.